The number of methoxy groups -OCH3 is 1. The van der Waals surface area contributed by atoms with Gasteiger partial charge in [-0.25, -0.2) is 13.2 Å². The van der Waals surface area contributed by atoms with Crippen molar-refractivity contribution in [3.8, 4) is 0 Å². The Morgan fingerprint density at radius 2 is 1.95 bits per heavy atom. The molecule has 118 valence electrons. The van der Waals surface area contributed by atoms with Crippen molar-refractivity contribution in [1.82, 2.24) is 10.2 Å². The number of rotatable bonds is 6. The Labute approximate surface area is 121 Å². The number of urea groups is 1. The minimum atomic E-state index is -3.03. The van der Waals surface area contributed by atoms with Gasteiger partial charge in [-0.05, 0) is 18.8 Å². The topological polar surface area (TPSA) is 75.7 Å². The predicted molar refractivity (Wildman–Crippen MR) is 78.5 cm³/mol. The first-order valence-corrected chi connectivity index (χ1v) is 8.81. The summed E-state index contributed by atoms with van der Waals surface area (Å²) in [6, 6.07) is -0.137. The maximum Gasteiger partial charge on any atom is 0.317 e. The fraction of sp³-hybridized carbons (Fsp3) is 0.923. The van der Waals surface area contributed by atoms with Crippen molar-refractivity contribution < 1.29 is 17.9 Å². The molecule has 0 aromatic carbocycles. The fourth-order valence-electron chi connectivity index (χ4n) is 2.39. The van der Waals surface area contributed by atoms with Gasteiger partial charge in [0.05, 0.1) is 17.6 Å². The lowest BCUT2D eigenvalue weighted by molar-refractivity contribution is 0.173. The highest BCUT2D eigenvalue weighted by atomic mass is 32.2. The zero-order valence-electron chi connectivity index (χ0n) is 12.6. The SMILES string of the molecule is COCCNC(=O)N1CCC(S(=O)(=O)CC(C)C)CC1. The van der Waals surface area contributed by atoms with E-state index < -0.39 is 9.84 Å². The molecule has 1 aliphatic heterocycles. The molecule has 6 nitrogen and oxygen atoms in total. The van der Waals surface area contributed by atoms with Crippen molar-refractivity contribution in [2.75, 3.05) is 39.1 Å². The molecule has 1 rings (SSSR count). The van der Waals surface area contributed by atoms with Crippen LogP contribution in [-0.2, 0) is 14.6 Å². The summed E-state index contributed by atoms with van der Waals surface area (Å²) in [4.78, 5) is 13.5. The molecule has 20 heavy (non-hydrogen) atoms. The van der Waals surface area contributed by atoms with Crippen molar-refractivity contribution in [1.29, 1.82) is 0 Å². The van der Waals surface area contributed by atoms with Crippen molar-refractivity contribution >= 4 is 15.9 Å². The molecule has 2 amide bonds. The number of nitrogens with zero attached hydrogens (tertiary/aromatic N) is 1. The minimum Gasteiger partial charge on any atom is -0.383 e. The van der Waals surface area contributed by atoms with Gasteiger partial charge in [0, 0.05) is 26.7 Å². The standard InChI is InChI=1S/C13H26N2O4S/c1-11(2)10-20(17,18)12-4-7-15(8-5-12)13(16)14-6-9-19-3/h11-12H,4-10H2,1-3H3,(H,14,16). The van der Waals surface area contributed by atoms with Gasteiger partial charge in [-0.3, -0.25) is 0 Å². The normalized spacial score (nSPS) is 17.5. The zero-order valence-corrected chi connectivity index (χ0v) is 13.4. The second-order valence-corrected chi connectivity index (χ2v) is 7.96. The predicted octanol–water partition coefficient (Wildman–Crippen LogP) is 0.878. The number of hydrogen-bond donors (Lipinski definition) is 1. The molecule has 0 saturated carbocycles. The lowest BCUT2D eigenvalue weighted by atomic mass is 10.1. The van der Waals surface area contributed by atoms with Crippen LogP contribution in [0, 0.1) is 5.92 Å². The number of ether oxygens (including phenoxy) is 1. The molecule has 7 heteroatoms. The van der Waals surface area contributed by atoms with E-state index in [0.717, 1.165) is 0 Å². The Bertz CT molecular complexity index is 401. The maximum absolute atomic E-state index is 12.1. The third-order valence-electron chi connectivity index (χ3n) is 3.39. The highest BCUT2D eigenvalue weighted by Crippen LogP contribution is 2.20. The van der Waals surface area contributed by atoms with Crippen LogP contribution in [0.25, 0.3) is 0 Å². The molecule has 0 atom stereocenters. The molecule has 1 heterocycles. The number of piperidine rings is 1. The monoisotopic (exact) mass is 306 g/mol. The summed E-state index contributed by atoms with van der Waals surface area (Å²) in [6.45, 7) is 5.78. The average molecular weight is 306 g/mol. The van der Waals surface area contributed by atoms with Crippen LogP contribution < -0.4 is 5.32 Å². The molecule has 0 spiro atoms. The first kappa shape index (κ1) is 17.2. The van der Waals surface area contributed by atoms with Gasteiger partial charge < -0.3 is 15.0 Å². The smallest absolute Gasteiger partial charge is 0.317 e. The van der Waals surface area contributed by atoms with Gasteiger partial charge in [0.25, 0.3) is 0 Å². The van der Waals surface area contributed by atoms with Gasteiger partial charge in [-0.1, -0.05) is 13.8 Å². The summed E-state index contributed by atoms with van der Waals surface area (Å²) in [7, 11) is -1.45. The van der Waals surface area contributed by atoms with Crippen LogP contribution >= 0.6 is 0 Å². The molecule has 0 aromatic rings. The first-order valence-electron chi connectivity index (χ1n) is 7.10. The number of amides is 2. The largest absolute Gasteiger partial charge is 0.383 e. The maximum atomic E-state index is 12.1. The minimum absolute atomic E-state index is 0.137. The number of nitrogens with one attached hydrogen (secondary N) is 1. The summed E-state index contributed by atoms with van der Waals surface area (Å²) in [6.07, 6.45) is 1.07. The zero-order chi connectivity index (χ0) is 15.2. The number of hydrogen-bond acceptors (Lipinski definition) is 4. The Balaban J connectivity index is 2.41. The van der Waals surface area contributed by atoms with Crippen molar-refractivity contribution in [2.24, 2.45) is 5.92 Å². The Kier molecular flexibility index (Phi) is 6.75. The quantitative estimate of drug-likeness (QED) is 0.739. The fourth-order valence-corrected chi connectivity index (χ4v) is 4.52. The van der Waals surface area contributed by atoms with Crippen LogP contribution in [0.2, 0.25) is 0 Å². The summed E-state index contributed by atoms with van der Waals surface area (Å²) >= 11 is 0. The van der Waals surface area contributed by atoms with E-state index in [-0.39, 0.29) is 23.0 Å². The molecular weight excluding hydrogens is 280 g/mol. The van der Waals surface area contributed by atoms with Crippen molar-refractivity contribution in [2.45, 2.75) is 31.9 Å². The van der Waals surface area contributed by atoms with Gasteiger partial charge in [0.2, 0.25) is 0 Å². The Morgan fingerprint density at radius 3 is 2.45 bits per heavy atom. The van der Waals surface area contributed by atoms with Gasteiger partial charge in [0.1, 0.15) is 0 Å². The molecule has 0 radical (unpaired) electrons. The van der Waals surface area contributed by atoms with Gasteiger partial charge in [0.15, 0.2) is 9.84 Å². The number of carbonyl (C=O) groups excluding carboxylic acids is 1. The highest BCUT2D eigenvalue weighted by Gasteiger charge is 2.31. The summed E-state index contributed by atoms with van der Waals surface area (Å²) < 4.78 is 29.2. The average Bonchev–Trinajstić information content (AvgIpc) is 2.37. The van der Waals surface area contributed by atoms with Crippen LogP contribution in [-0.4, -0.2) is 63.7 Å². The molecule has 0 aromatic heterocycles. The summed E-state index contributed by atoms with van der Waals surface area (Å²) in [5.74, 6) is 0.382. The van der Waals surface area contributed by atoms with Crippen LogP contribution in [0.5, 0.6) is 0 Å². The third kappa shape index (κ3) is 5.28. The number of carbonyl (C=O) groups is 1. The molecule has 1 aliphatic rings. The summed E-state index contributed by atoms with van der Waals surface area (Å²) in [5, 5.41) is 2.45. The Hall–Kier alpha value is -0.820. The molecule has 0 aliphatic carbocycles. The number of likely N-dealkylation sites (tertiary alicyclic amines) is 1. The molecular formula is C13H26N2O4S. The molecule has 1 saturated heterocycles. The second-order valence-electron chi connectivity index (χ2n) is 5.63. The van der Waals surface area contributed by atoms with Gasteiger partial charge in [-0.15, -0.1) is 0 Å². The van der Waals surface area contributed by atoms with E-state index in [4.69, 9.17) is 4.74 Å². The number of sulfone groups is 1. The molecule has 1 N–H and O–H groups in total. The van der Waals surface area contributed by atoms with E-state index in [1.807, 2.05) is 13.8 Å². The first-order chi connectivity index (χ1) is 9.36. The van der Waals surface area contributed by atoms with E-state index in [0.29, 0.717) is 39.1 Å². The van der Waals surface area contributed by atoms with Gasteiger partial charge in [-0.2, -0.15) is 0 Å². The van der Waals surface area contributed by atoms with Crippen molar-refractivity contribution in [3.05, 3.63) is 0 Å². The molecule has 0 bridgehead atoms. The van der Waals surface area contributed by atoms with E-state index in [1.54, 1.807) is 12.0 Å². The lowest BCUT2D eigenvalue weighted by Gasteiger charge is -2.32. The lowest BCUT2D eigenvalue weighted by Crippen LogP contribution is -2.47. The van der Waals surface area contributed by atoms with E-state index in [9.17, 15) is 13.2 Å². The summed E-state index contributed by atoms with van der Waals surface area (Å²) in [5.41, 5.74) is 0. The second kappa shape index (κ2) is 7.83. The van der Waals surface area contributed by atoms with Crippen molar-refractivity contribution in [3.63, 3.8) is 0 Å². The van der Waals surface area contributed by atoms with E-state index in [2.05, 4.69) is 5.32 Å². The van der Waals surface area contributed by atoms with E-state index >= 15 is 0 Å². The highest BCUT2D eigenvalue weighted by molar-refractivity contribution is 7.92. The van der Waals surface area contributed by atoms with Crippen LogP contribution in [0.1, 0.15) is 26.7 Å². The van der Waals surface area contributed by atoms with Crippen LogP contribution in [0.3, 0.4) is 0 Å². The molecule has 0 unspecified atom stereocenters. The third-order valence-corrected chi connectivity index (χ3v) is 6.00. The van der Waals surface area contributed by atoms with Gasteiger partial charge >= 0.3 is 6.03 Å². The molecule has 1 fully saturated rings. The van der Waals surface area contributed by atoms with Crippen LogP contribution in [0.15, 0.2) is 0 Å². The van der Waals surface area contributed by atoms with E-state index in [1.165, 1.54) is 0 Å². The van der Waals surface area contributed by atoms with Crippen LogP contribution in [0.4, 0.5) is 4.79 Å². The Morgan fingerprint density at radius 1 is 1.35 bits per heavy atom.